The number of likely N-dealkylation sites (N-methyl/N-ethyl adjacent to an activating group) is 1. The zero-order chi connectivity index (χ0) is 109. The predicted molar refractivity (Wildman–Crippen MR) is 515 cm³/mol. The molecule has 4 aromatic rings. The summed E-state index contributed by atoms with van der Waals surface area (Å²) < 4.78 is 212. The number of methoxy groups -OCH3 is 1. The Balaban J connectivity index is 0.000000396. The normalized spacial score (nSPS) is 18.7. The fourth-order valence-corrected chi connectivity index (χ4v) is 23.9. The van der Waals surface area contributed by atoms with Crippen LogP contribution in [0.15, 0.2) is 29.0 Å². The Labute approximate surface area is 861 Å². The average molecular weight is 2230 g/mol. The van der Waals surface area contributed by atoms with Crippen molar-refractivity contribution in [1.82, 2.24) is 47.4 Å². The lowest BCUT2D eigenvalue weighted by Crippen LogP contribution is -2.50. The monoisotopic (exact) mass is 2220 g/mol. The third kappa shape index (κ3) is 36.9. The molecule has 6 N–H and O–H groups in total. The first kappa shape index (κ1) is 123. The third-order valence-corrected chi connectivity index (χ3v) is 33.1. The fourth-order valence-electron chi connectivity index (χ4n) is 13.5. The van der Waals surface area contributed by atoms with Crippen molar-refractivity contribution in [3.8, 4) is 11.8 Å². The largest absolute Gasteiger partial charge is 0.470 e. The molecule has 4 aliphatic rings. The van der Waals surface area contributed by atoms with Gasteiger partial charge in [0.25, 0.3) is 43.6 Å². The zero-order valence-corrected chi connectivity index (χ0v) is 91.0. The standard InChI is InChI=1S/C44H67N7O20S4.C42H62N6O19S4/c1-11-51(32-23-50(15-12-18-63-10)75(61,62)43-31(32)21-35(72-43)74(45,59)60)38(54)25(2)67-40(56)27(4)69-42(58)29(6)70-41(57)28(5)68-39(55)26(3)66-33(52)13-14-34(53)71-30(22-46-44(7,8)9)24-65-37-36(47-73-48-37)49-16-19-64-20-17-49;1-11-43-30-18-22(2)70(56,57)41-29(30)19-33(68-41)71(58,59)47-35(51)23(3)63-38(53)25(5)65-40(55)27(7)66-39(54)26(6)64-37(52)24(4)62-31(49)12-13-32(50)67-28(20-44-42(8,9)10)21-61-36-34(45-69-46-36)48-14-16-60-17-15-48/h21,25-30,32,46H,11-20,22-24H2,1-10H3,(H2,45,59,60);19,22-28,30,43-44H,11-18,20-21H2,1-10H3,(H,47,51)/t25?,26?,27?,28?,29?,30?,32-;22-,23?,24?,25?,26?,27?,28?,30-/m11/s1. The molecule has 2 saturated heterocycles. The number of esters is 12. The van der Waals surface area contributed by atoms with Crippen molar-refractivity contribution < 1.29 is 181 Å². The highest BCUT2D eigenvalue weighted by molar-refractivity contribution is 7.96. The Morgan fingerprint density at radius 2 is 0.870 bits per heavy atom. The van der Waals surface area contributed by atoms with Crippen LogP contribution in [-0.2, 0) is 178 Å². The summed E-state index contributed by atoms with van der Waals surface area (Å²) in [5.41, 5.74) is -0.392. The number of sulfonamides is 3. The molecule has 0 aliphatic carbocycles. The van der Waals surface area contributed by atoms with E-state index in [1.165, 1.54) is 38.8 Å². The van der Waals surface area contributed by atoms with Gasteiger partial charge in [0.1, 0.15) is 42.3 Å². The maximum Gasteiger partial charge on any atom is 0.347 e. The van der Waals surface area contributed by atoms with Crippen molar-refractivity contribution in [1.29, 1.82) is 0 Å². The van der Waals surface area contributed by atoms with E-state index in [0.29, 0.717) is 93.5 Å². The predicted octanol–water partition coefficient (Wildman–Crippen LogP) is 2.11. The molecule has 0 radical (unpaired) electrons. The van der Waals surface area contributed by atoms with E-state index in [9.17, 15) is 101 Å². The van der Waals surface area contributed by atoms with Crippen LogP contribution in [0.5, 0.6) is 11.8 Å². The summed E-state index contributed by atoms with van der Waals surface area (Å²) >= 11 is 2.89. The van der Waals surface area contributed by atoms with Gasteiger partial charge in [-0.3, -0.25) is 28.8 Å². The van der Waals surface area contributed by atoms with Crippen LogP contribution in [0.1, 0.15) is 193 Å². The molecular formula is C86H129N13O39S8. The Kier molecular flexibility index (Phi) is 46.5. The molecule has 52 nitrogen and oxygen atoms in total. The number of nitrogens with one attached hydrogen (secondary N) is 4. The van der Waals surface area contributed by atoms with Crippen LogP contribution in [0.2, 0.25) is 0 Å². The van der Waals surface area contributed by atoms with Crippen molar-refractivity contribution in [2.24, 2.45) is 5.14 Å². The van der Waals surface area contributed by atoms with Crippen LogP contribution in [0.3, 0.4) is 0 Å². The molecule has 820 valence electrons. The van der Waals surface area contributed by atoms with Gasteiger partial charge in [0, 0.05) is 101 Å². The van der Waals surface area contributed by atoms with E-state index in [-0.39, 0.29) is 108 Å². The number of aromatic nitrogens is 4. The molecule has 12 unspecified atom stereocenters. The number of amides is 2. The van der Waals surface area contributed by atoms with Gasteiger partial charge in [-0.2, -0.15) is 13.1 Å². The number of nitrogens with two attached hydrogens (primary N) is 1. The average Bonchev–Trinajstić information content (AvgIpc) is 1.60. The number of hydrogen-bond donors (Lipinski definition) is 5. The van der Waals surface area contributed by atoms with Gasteiger partial charge in [-0.15, -0.1) is 31.4 Å². The van der Waals surface area contributed by atoms with Crippen LogP contribution >= 0.6 is 46.1 Å². The van der Waals surface area contributed by atoms with Crippen molar-refractivity contribution in [3.05, 3.63) is 23.3 Å². The van der Waals surface area contributed by atoms with Crippen molar-refractivity contribution in [2.45, 2.75) is 289 Å². The van der Waals surface area contributed by atoms with E-state index in [1.807, 2.05) is 58.3 Å². The first-order valence-corrected chi connectivity index (χ1v) is 55.4. The summed E-state index contributed by atoms with van der Waals surface area (Å²) in [5, 5.41) is 14.2. The Morgan fingerprint density at radius 1 is 0.507 bits per heavy atom. The number of ether oxygens (including phenoxy) is 17. The summed E-state index contributed by atoms with van der Waals surface area (Å²) in [5.74, 6) is -13.6. The smallest absolute Gasteiger partial charge is 0.347 e. The quantitative estimate of drug-likeness (QED) is 0.0240. The molecular weight excluding hydrogens is 2100 g/mol. The van der Waals surface area contributed by atoms with Crippen LogP contribution in [-0.4, -0.2) is 352 Å². The first-order chi connectivity index (χ1) is 68.2. The number of hydrogen-bond acceptors (Lipinski definition) is 52. The molecule has 146 heavy (non-hydrogen) atoms. The number of thiophene rings is 2. The zero-order valence-electron chi connectivity index (χ0n) is 84.4. The van der Waals surface area contributed by atoms with E-state index >= 15 is 0 Å². The lowest BCUT2D eigenvalue weighted by atomic mass is 10.1. The summed E-state index contributed by atoms with van der Waals surface area (Å²) in [7, 11) is -15.6. The number of anilines is 2. The summed E-state index contributed by atoms with van der Waals surface area (Å²) in [6.07, 6.45) is -19.2. The van der Waals surface area contributed by atoms with Gasteiger partial charge in [-0.05, 0) is 156 Å². The molecule has 0 saturated carbocycles. The number of sulfone groups is 1. The number of rotatable bonds is 51. The summed E-state index contributed by atoms with van der Waals surface area (Å²) in [4.78, 5) is 185. The molecule has 2 amide bonds. The highest BCUT2D eigenvalue weighted by Crippen LogP contribution is 2.45. The second-order valence-corrected chi connectivity index (χ2v) is 47.2. The summed E-state index contributed by atoms with van der Waals surface area (Å²) in [6, 6.07) is 0.817. The van der Waals surface area contributed by atoms with Gasteiger partial charge in [0.2, 0.25) is 21.7 Å². The number of carbonyl (C=O) groups excluding carboxylic acids is 14. The lowest BCUT2D eigenvalue weighted by Gasteiger charge is -2.39. The number of nitrogens with zero attached hydrogens (tertiary/aromatic N) is 8. The molecule has 15 atom stereocenters. The molecule has 8 rings (SSSR count). The van der Waals surface area contributed by atoms with E-state index < -0.39 is 248 Å². The molecule has 4 aliphatic heterocycles. The second kappa shape index (κ2) is 55.3. The first-order valence-electron chi connectivity index (χ1n) is 46.3. The van der Waals surface area contributed by atoms with Crippen molar-refractivity contribution >= 4 is 181 Å². The highest BCUT2D eigenvalue weighted by Gasteiger charge is 2.47. The van der Waals surface area contributed by atoms with Crippen LogP contribution in [0, 0.1) is 0 Å². The number of primary sulfonamides is 1. The van der Waals surface area contributed by atoms with Gasteiger partial charge < -0.3 is 111 Å². The second-order valence-electron chi connectivity index (χ2n) is 35.7. The summed E-state index contributed by atoms with van der Waals surface area (Å²) in [6.45, 7) is 32.9. The lowest BCUT2D eigenvalue weighted by molar-refractivity contribution is -0.186. The molecule has 2 fully saturated rings. The van der Waals surface area contributed by atoms with Gasteiger partial charge in [0.15, 0.2) is 70.9 Å². The van der Waals surface area contributed by atoms with Crippen molar-refractivity contribution in [2.75, 3.05) is 129 Å². The third-order valence-electron chi connectivity index (χ3n) is 21.5. The van der Waals surface area contributed by atoms with Crippen LogP contribution in [0.4, 0.5) is 11.6 Å². The molecule has 0 spiro atoms. The van der Waals surface area contributed by atoms with Gasteiger partial charge in [0.05, 0.1) is 86.9 Å². The number of fused-ring (bicyclic) bond motifs is 2. The minimum Gasteiger partial charge on any atom is -0.470 e. The maximum absolute atomic E-state index is 13.8. The Morgan fingerprint density at radius 3 is 1.24 bits per heavy atom. The molecule has 0 aromatic carbocycles. The maximum atomic E-state index is 13.8. The van der Waals surface area contributed by atoms with E-state index in [0.717, 1.165) is 89.2 Å². The number of carbonyl (C=O) groups is 14. The highest BCUT2D eigenvalue weighted by atomic mass is 32.3. The van der Waals surface area contributed by atoms with Gasteiger partial charge in [-0.25, -0.2) is 81.9 Å². The minimum absolute atomic E-state index is 0.0162. The van der Waals surface area contributed by atoms with Crippen LogP contribution < -0.4 is 45.1 Å². The number of morpholine rings is 2. The van der Waals surface area contributed by atoms with E-state index in [2.05, 4.69) is 33.4 Å². The molecule has 60 heteroatoms. The van der Waals surface area contributed by atoms with Crippen molar-refractivity contribution in [3.63, 3.8) is 0 Å². The molecule has 4 aromatic heterocycles. The SMILES string of the molecule is CCN(C(=O)C(C)OC(=O)C(C)OC(=O)C(C)OC(=O)C(C)OC(=O)C(C)OC(=O)CCC(=O)OC(CNC(C)(C)C)COc1nsnc1N1CCOCC1)[C@@H]1CN(CCCOC)S(=O)(=O)c2sc(S(N)(=O)=O)cc21.CCN[C@@H]1C[C@@H](C)S(=O)(=O)c2sc(S(=O)(=O)NC(=O)C(C)OC(=O)C(C)OC(=O)C(C)OC(=O)C(C)OC(=O)C(C)OC(=O)CCC(=O)OC(CNC(C)(C)C)COc3nsnc3N3CCOCC3)cc21. The Hall–Kier alpha value is -10.2. The minimum atomic E-state index is -4.63. The molecule has 0 bridgehead atoms. The fraction of sp³-hybridized carbons (Fsp3) is 0.698. The van der Waals surface area contributed by atoms with Crippen LogP contribution in [0.25, 0.3) is 0 Å². The van der Waals surface area contributed by atoms with Gasteiger partial charge >= 0.3 is 71.6 Å². The molecule has 8 heterocycles. The Bertz CT molecular complexity index is 5680. The van der Waals surface area contributed by atoms with E-state index in [4.69, 9.17) is 85.7 Å². The topological polar surface area (TPSA) is 671 Å². The van der Waals surface area contributed by atoms with Gasteiger partial charge in [-0.1, -0.05) is 6.92 Å². The van der Waals surface area contributed by atoms with E-state index in [1.54, 1.807) is 11.6 Å².